The second kappa shape index (κ2) is 41.8. The van der Waals surface area contributed by atoms with Gasteiger partial charge in [0.2, 0.25) is 0 Å². The lowest BCUT2D eigenvalue weighted by molar-refractivity contribution is -0.163. The molecule has 0 spiro atoms. The first-order valence-electron chi connectivity index (χ1n) is 21.9. The van der Waals surface area contributed by atoms with Crippen molar-refractivity contribution in [3.05, 3.63) is 24.3 Å². The van der Waals surface area contributed by atoms with Crippen LogP contribution >= 0.6 is 0 Å². The van der Waals surface area contributed by atoms with Crippen molar-refractivity contribution < 1.29 is 23.8 Å². The number of carbonyl (C=O) groups excluding carboxylic acids is 2. The maximum Gasteiger partial charge on any atom is 0.306 e. The van der Waals surface area contributed by atoms with Crippen LogP contribution in [0.25, 0.3) is 0 Å². The lowest BCUT2D eigenvalue weighted by Gasteiger charge is -2.18. The molecule has 294 valence electrons. The molecule has 1 atom stereocenters. The lowest BCUT2D eigenvalue weighted by atomic mass is 10.1. The lowest BCUT2D eigenvalue weighted by Crippen LogP contribution is -2.30. The maximum absolute atomic E-state index is 12.6. The van der Waals surface area contributed by atoms with Gasteiger partial charge in [0.15, 0.2) is 6.10 Å². The molecule has 5 heteroatoms. The average molecular weight is 705 g/mol. The Bertz CT molecular complexity index is 761. The summed E-state index contributed by atoms with van der Waals surface area (Å²) in [6, 6.07) is 0. The number of hydrogen-bond donors (Lipinski definition) is 0. The zero-order chi connectivity index (χ0) is 36.4. The van der Waals surface area contributed by atoms with E-state index in [4.69, 9.17) is 14.2 Å². The summed E-state index contributed by atoms with van der Waals surface area (Å²) in [5.74, 6) is -0.401. The predicted octanol–water partition coefficient (Wildman–Crippen LogP) is 14.1. The summed E-state index contributed by atoms with van der Waals surface area (Å²) in [7, 11) is 0. The molecule has 1 unspecified atom stereocenters. The van der Waals surface area contributed by atoms with E-state index in [9.17, 15) is 9.59 Å². The van der Waals surface area contributed by atoms with Gasteiger partial charge >= 0.3 is 11.9 Å². The van der Waals surface area contributed by atoms with Gasteiger partial charge in [-0.05, 0) is 51.4 Å². The van der Waals surface area contributed by atoms with E-state index in [0.717, 1.165) is 44.9 Å². The van der Waals surface area contributed by atoms with E-state index in [2.05, 4.69) is 45.1 Å². The summed E-state index contributed by atoms with van der Waals surface area (Å²) in [4.78, 5) is 25.0. The molecule has 0 aromatic rings. The van der Waals surface area contributed by atoms with Crippen LogP contribution in [0.3, 0.4) is 0 Å². The molecule has 0 aliphatic rings. The van der Waals surface area contributed by atoms with Gasteiger partial charge < -0.3 is 14.2 Å². The van der Waals surface area contributed by atoms with Crippen molar-refractivity contribution in [1.29, 1.82) is 0 Å². The van der Waals surface area contributed by atoms with Gasteiger partial charge in [0, 0.05) is 19.4 Å². The van der Waals surface area contributed by atoms with Gasteiger partial charge in [-0.1, -0.05) is 186 Å². The fourth-order valence-electron chi connectivity index (χ4n) is 6.19. The van der Waals surface area contributed by atoms with E-state index in [1.807, 2.05) is 0 Å². The van der Waals surface area contributed by atoms with Crippen molar-refractivity contribution in [3.63, 3.8) is 0 Å². The summed E-state index contributed by atoms with van der Waals surface area (Å²) in [6.45, 7) is 7.76. The Kier molecular flexibility index (Phi) is 40.4. The van der Waals surface area contributed by atoms with Gasteiger partial charge in [0.05, 0.1) is 6.61 Å². The molecule has 0 bridgehead atoms. The highest BCUT2D eigenvalue weighted by Gasteiger charge is 2.17. The molecule has 0 rings (SSSR count). The molecule has 0 saturated carbocycles. The van der Waals surface area contributed by atoms with Crippen molar-refractivity contribution >= 4 is 11.9 Å². The van der Waals surface area contributed by atoms with E-state index in [1.54, 1.807) is 0 Å². The minimum absolute atomic E-state index is 0.0866. The van der Waals surface area contributed by atoms with E-state index in [1.165, 1.54) is 148 Å². The van der Waals surface area contributed by atoms with Crippen LogP contribution in [-0.2, 0) is 23.8 Å². The molecular formula is C45H84O5. The van der Waals surface area contributed by atoms with Crippen LogP contribution in [-0.4, -0.2) is 37.9 Å². The van der Waals surface area contributed by atoms with Crippen molar-refractivity contribution in [2.75, 3.05) is 19.8 Å². The summed E-state index contributed by atoms with van der Waals surface area (Å²) in [6.07, 6.45) is 46.1. The Morgan fingerprint density at radius 1 is 0.440 bits per heavy atom. The van der Waals surface area contributed by atoms with E-state index in [0.29, 0.717) is 19.4 Å². The number of carbonyl (C=O) groups is 2. The van der Waals surface area contributed by atoms with Crippen molar-refractivity contribution in [2.45, 2.75) is 232 Å². The molecule has 0 aromatic heterocycles. The summed E-state index contributed by atoms with van der Waals surface area (Å²) < 4.78 is 17.2. The van der Waals surface area contributed by atoms with E-state index in [-0.39, 0.29) is 25.2 Å². The first kappa shape index (κ1) is 48.4. The van der Waals surface area contributed by atoms with Crippen molar-refractivity contribution in [3.8, 4) is 0 Å². The monoisotopic (exact) mass is 705 g/mol. The molecule has 0 radical (unpaired) electrons. The van der Waals surface area contributed by atoms with Crippen molar-refractivity contribution in [2.24, 2.45) is 0 Å². The van der Waals surface area contributed by atoms with Crippen molar-refractivity contribution in [1.82, 2.24) is 0 Å². The largest absolute Gasteiger partial charge is 0.462 e. The average Bonchev–Trinajstić information content (AvgIpc) is 3.11. The van der Waals surface area contributed by atoms with Gasteiger partial charge in [-0.25, -0.2) is 0 Å². The molecule has 0 heterocycles. The Hall–Kier alpha value is -1.62. The fourth-order valence-corrected chi connectivity index (χ4v) is 6.19. The molecule has 0 N–H and O–H groups in total. The van der Waals surface area contributed by atoms with Crippen LogP contribution in [0, 0.1) is 0 Å². The highest BCUT2D eigenvalue weighted by molar-refractivity contribution is 5.70. The zero-order valence-electron chi connectivity index (χ0n) is 33.7. The van der Waals surface area contributed by atoms with Crippen LogP contribution in [0.4, 0.5) is 0 Å². The topological polar surface area (TPSA) is 61.8 Å². The number of unbranched alkanes of at least 4 members (excludes halogenated alkanes) is 25. The SMILES string of the molecule is CCCCC/C=C\C/C=C\CCCCCCCCOCC(COC(=O)CCCCCCCCCCCCC)OC(=O)CCCCCCCCC. The third-order valence-electron chi connectivity index (χ3n) is 9.49. The molecule has 0 aliphatic heterocycles. The van der Waals surface area contributed by atoms with Gasteiger partial charge in [0.25, 0.3) is 0 Å². The summed E-state index contributed by atoms with van der Waals surface area (Å²) >= 11 is 0. The third-order valence-corrected chi connectivity index (χ3v) is 9.49. The van der Waals surface area contributed by atoms with Gasteiger partial charge in [0.1, 0.15) is 6.61 Å². The smallest absolute Gasteiger partial charge is 0.306 e. The highest BCUT2D eigenvalue weighted by atomic mass is 16.6. The van der Waals surface area contributed by atoms with E-state index >= 15 is 0 Å². The Morgan fingerprint density at radius 2 is 0.840 bits per heavy atom. The standard InChI is InChI=1S/C45H84O5/c1-4-7-10-13-16-18-20-21-22-23-24-26-28-31-34-37-40-48-41-43(50-45(47)39-36-33-29-15-12-9-6-3)42-49-44(46)38-35-32-30-27-25-19-17-14-11-8-5-2/h16,18,21-22,43H,4-15,17,19-20,23-42H2,1-3H3/b18-16-,22-21-. The molecule has 0 saturated heterocycles. The van der Waals surface area contributed by atoms with Crippen LogP contribution in [0.1, 0.15) is 226 Å². The Morgan fingerprint density at radius 3 is 1.36 bits per heavy atom. The Labute approximate surface area is 311 Å². The number of rotatable bonds is 40. The predicted molar refractivity (Wildman–Crippen MR) is 215 cm³/mol. The highest BCUT2D eigenvalue weighted by Crippen LogP contribution is 2.14. The van der Waals surface area contributed by atoms with Gasteiger partial charge in [-0.3, -0.25) is 9.59 Å². The van der Waals surface area contributed by atoms with Crippen LogP contribution in [0.5, 0.6) is 0 Å². The molecule has 0 amide bonds. The minimum atomic E-state index is -0.530. The van der Waals surface area contributed by atoms with Crippen LogP contribution in [0.15, 0.2) is 24.3 Å². The molecular weight excluding hydrogens is 620 g/mol. The fraction of sp³-hybridized carbons (Fsp3) is 0.867. The Balaban J connectivity index is 4.15. The first-order chi connectivity index (χ1) is 24.6. The second-order valence-corrected chi connectivity index (χ2v) is 14.6. The minimum Gasteiger partial charge on any atom is -0.462 e. The first-order valence-corrected chi connectivity index (χ1v) is 21.9. The molecule has 0 aromatic carbocycles. The normalized spacial score (nSPS) is 12.3. The van der Waals surface area contributed by atoms with Crippen LogP contribution in [0.2, 0.25) is 0 Å². The van der Waals surface area contributed by atoms with Gasteiger partial charge in [-0.15, -0.1) is 0 Å². The quantitative estimate of drug-likeness (QED) is 0.0361. The van der Waals surface area contributed by atoms with Crippen LogP contribution < -0.4 is 0 Å². The van der Waals surface area contributed by atoms with Gasteiger partial charge in [-0.2, -0.15) is 0 Å². The van der Waals surface area contributed by atoms with E-state index < -0.39 is 6.10 Å². The molecule has 0 fully saturated rings. The molecule has 5 nitrogen and oxygen atoms in total. The zero-order valence-corrected chi connectivity index (χ0v) is 33.7. The third kappa shape index (κ3) is 39.2. The summed E-state index contributed by atoms with van der Waals surface area (Å²) in [5, 5.41) is 0. The number of esters is 2. The molecule has 50 heavy (non-hydrogen) atoms. The summed E-state index contributed by atoms with van der Waals surface area (Å²) in [5.41, 5.74) is 0. The maximum atomic E-state index is 12.6. The number of ether oxygens (including phenoxy) is 3. The molecule has 0 aliphatic carbocycles. The number of hydrogen-bond acceptors (Lipinski definition) is 5. The second-order valence-electron chi connectivity index (χ2n) is 14.6. The number of allylic oxidation sites excluding steroid dienone is 4.